The number of hydrogen-bond acceptors (Lipinski definition) is 4. The number of benzene rings is 1. The van der Waals surface area contributed by atoms with Crippen LogP contribution >= 0.6 is 11.6 Å². The molecule has 1 N–H and O–H groups in total. The maximum absolute atomic E-state index is 11.6. The van der Waals surface area contributed by atoms with Crippen molar-refractivity contribution >= 4 is 28.5 Å². The van der Waals surface area contributed by atoms with Crippen molar-refractivity contribution in [3.05, 3.63) is 44.3 Å². The molecule has 21 heavy (non-hydrogen) atoms. The van der Waals surface area contributed by atoms with Gasteiger partial charge in [0.2, 0.25) is 5.91 Å². The zero-order chi connectivity index (χ0) is 15.6. The number of nitrogens with one attached hydrogen (secondary N) is 1. The molecule has 0 saturated heterocycles. The quantitative estimate of drug-likeness (QED) is 0.880. The van der Waals surface area contributed by atoms with E-state index < -0.39 is 5.63 Å². The summed E-state index contributed by atoms with van der Waals surface area (Å²) in [6, 6.07) is 3.10. The van der Waals surface area contributed by atoms with Gasteiger partial charge in [0.25, 0.3) is 0 Å². The molecule has 0 unspecified atom stereocenters. The maximum atomic E-state index is 11.6. The summed E-state index contributed by atoms with van der Waals surface area (Å²) in [7, 11) is 1.44. The van der Waals surface area contributed by atoms with Gasteiger partial charge in [0, 0.05) is 30.1 Å². The molecular weight excluding hydrogens is 294 g/mol. The Kier molecular flexibility index (Phi) is 4.65. The zero-order valence-corrected chi connectivity index (χ0v) is 12.8. The third kappa shape index (κ3) is 3.25. The molecule has 0 atom stereocenters. The van der Waals surface area contributed by atoms with E-state index in [0.717, 1.165) is 16.5 Å². The van der Waals surface area contributed by atoms with Crippen LogP contribution in [0.25, 0.3) is 11.0 Å². The second-order valence-electron chi connectivity index (χ2n) is 4.81. The molecule has 1 heterocycles. The number of rotatable bonds is 4. The van der Waals surface area contributed by atoms with Crippen LogP contribution in [0.15, 0.2) is 21.3 Å². The lowest BCUT2D eigenvalue weighted by Crippen LogP contribution is -2.27. The Labute approximate surface area is 126 Å². The van der Waals surface area contributed by atoms with Crippen molar-refractivity contribution in [2.24, 2.45) is 0 Å². The molecule has 112 valence electrons. The molecule has 2 aromatic rings. The number of hydrogen-bond donors (Lipinski definition) is 1. The number of ether oxygens (including phenoxy) is 1. The van der Waals surface area contributed by atoms with Gasteiger partial charge in [-0.2, -0.15) is 0 Å². The van der Waals surface area contributed by atoms with Gasteiger partial charge in [0.05, 0.1) is 0 Å². The first-order chi connectivity index (χ1) is 9.93. The van der Waals surface area contributed by atoms with Gasteiger partial charge in [-0.25, -0.2) is 4.79 Å². The molecule has 2 rings (SSSR count). The standard InChI is InChI=1S/C15H16ClNO4/c1-8-4-11-14(9(2)15(8)16)10(5-13(19)21-11)6-17-12(18)7-20-3/h4-5H,6-7H2,1-3H3,(H,17,18). The molecule has 0 spiro atoms. The largest absolute Gasteiger partial charge is 0.423 e. The fraction of sp³-hybridized carbons (Fsp3) is 0.333. The number of aryl methyl sites for hydroxylation is 2. The van der Waals surface area contributed by atoms with Crippen LogP contribution in [0.2, 0.25) is 5.02 Å². The molecule has 0 aliphatic rings. The van der Waals surface area contributed by atoms with Crippen LogP contribution in [0.4, 0.5) is 0 Å². The summed E-state index contributed by atoms with van der Waals surface area (Å²) >= 11 is 6.25. The van der Waals surface area contributed by atoms with Crippen molar-refractivity contribution < 1.29 is 13.9 Å². The molecule has 0 aliphatic carbocycles. The van der Waals surface area contributed by atoms with E-state index >= 15 is 0 Å². The molecule has 0 radical (unpaired) electrons. The summed E-state index contributed by atoms with van der Waals surface area (Å²) < 4.78 is 9.97. The molecule has 0 fully saturated rings. The van der Waals surface area contributed by atoms with E-state index in [1.165, 1.54) is 13.2 Å². The van der Waals surface area contributed by atoms with Crippen molar-refractivity contribution in [3.8, 4) is 0 Å². The topological polar surface area (TPSA) is 68.5 Å². The minimum absolute atomic E-state index is 0.0295. The van der Waals surface area contributed by atoms with Gasteiger partial charge in [-0.05, 0) is 36.6 Å². The number of fused-ring (bicyclic) bond motifs is 1. The Hall–Kier alpha value is -1.85. The Morgan fingerprint density at radius 2 is 2.10 bits per heavy atom. The summed E-state index contributed by atoms with van der Waals surface area (Å²) in [5.74, 6) is -0.255. The lowest BCUT2D eigenvalue weighted by molar-refractivity contribution is -0.124. The highest BCUT2D eigenvalue weighted by Gasteiger charge is 2.13. The van der Waals surface area contributed by atoms with E-state index in [-0.39, 0.29) is 19.1 Å². The molecular formula is C15H16ClNO4. The van der Waals surface area contributed by atoms with Gasteiger partial charge in [-0.3, -0.25) is 4.79 Å². The summed E-state index contributed by atoms with van der Waals surface area (Å²) in [6.45, 7) is 3.89. The van der Waals surface area contributed by atoms with E-state index in [2.05, 4.69) is 5.32 Å². The lowest BCUT2D eigenvalue weighted by Gasteiger charge is -2.12. The summed E-state index contributed by atoms with van der Waals surface area (Å²) in [4.78, 5) is 23.1. The van der Waals surface area contributed by atoms with Crippen LogP contribution in [0.3, 0.4) is 0 Å². The van der Waals surface area contributed by atoms with Crippen molar-refractivity contribution in [2.45, 2.75) is 20.4 Å². The van der Waals surface area contributed by atoms with Gasteiger partial charge in [0.15, 0.2) is 0 Å². The predicted octanol–water partition coefficient (Wildman–Crippen LogP) is 2.33. The average molecular weight is 310 g/mol. The Morgan fingerprint density at radius 3 is 2.76 bits per heavy atom. The summed E-state index contributed by atoms with van der Waals surface area (Å²) in [6.07, 6.45) is 0. The molecule has 1 aromatic carbocycles. The second kappa shape index (κ2) is 6.28. The van der Waals surface area contributed by atoms with Crippen LogP contribution in [-0.4, -0.2) is 19.6 Å². The fourth-order valence-electron chi connectivity index (χ4n) is 2.27. The highest BCUT2D eigenvalue weighted by atomic mass is 35.5. The molecule has 0 saturated carbocycles. The number of halogens is 1. The minimum Gasteiger partial charge on any atom is -0.423 e. The van der Waals surface area contributed by atoms with E-state index in [1.807, 2.05) is 13.8 Å². The van der Waals surface area contributed by atoms with E-state index in [9.17, 15) is 9.59 Å². The molecule has 1 amide bonds. The third-order valence-electron chi connectivity index (χ3n) is 3.22. The monoisotopic (exact) mass is 309 g/mol. The molecule has 0 bridgehead atoms. The Balaban J connectivity index is 2.50. The molecule has 0 aliphatic heterocycles. The smallest absolute Gasteiger partial charge is 0.336 e. The molecule has 1 aromatic heterocycles. The number of carbonyl (C=O) groups excluding carboxylic acids is 1. The highest BCUT2D eigenvalue weighted by molar-refractivity contribution is 6.33. The SMILES string of the molecule is COCC(=O)NCc1cc(=O)oc2cc(C)c(Cl)c(C)c12. The Morgan fingerprint density at radius 1 is 1.38 bits per heavy atom. The van der Waals surface area contributed by atoms with Gasteiger partial charge in [0.1, 0.15) is 12.2 Å². The third-order valence-corrected chi connectivity index (χ3v) is 3.80. The highest BCUT2D eigenvalue weighted by Crippen LogP contribution is 2.30. The second-order valence-corrected chi connectivity index (χ2v) is 5.18. The number of carbonyl (C=O) groups is 1. The lowest BCUT2D eigenvalue weighted by atomic mass is 10.0. The first kappa shape index (κ1) is 15.5. The first-order valence-corrected chi connectivity index (χ1v) is 6.80. The average Bonchev–Trinajstić information content (AvgIpc) is 2.42. The van der Waals surface area contributed by atoms with Gasteiger partial charge in [-0.15, -0.1) is 0 Å². The van der Waals surface area contributed by atoms with Crippen LogP contribution in [0.5, 0.6) is 0 Å². The molecule has 5 nitrogen and oxygen atoms in total. The summed E-state index contributed by atoms with van der Waals surface area (Å²) in [5.41, 5.74) is 2.35. The first-order valence-electron chi connectivity index (χ1n) is 6.42. The normalized spacial score (nSPS) is 10.9. The van der Waals surface area contributed by atoms with E-state index in [0.29, 0.717) is 16.2 Å². The minimum atomic E-state index is -0.459. The number of methoxy groups -OCH3 is 1. The zero-order valence-electron chi connectivity index (χ0n) is 12.1. The van der Waals surface area contributed by atoms with Crippen molar-refractivity contribution in [1.82, 2.24) is 5.32 Å². The fourth-order valence-corrected chi connectivity index (χ4v) is 2.42. The van der Waals surface area contributed by atoms with Gasteiger partial charge >= 0.3 is 5.63 Å². The van der Waals surface area contributed by atoms with Crippen molar-refractivity contribution in [2.75, 3.05) is 13.7 Å². The van der Waals surface area contributed by atoms with Gasteiger partial charge < -0.3 is 14.5 Å². The van der Waals surface area contributed by atoms with Crippen molar-refractivity contribution in [3.63, 3.8) is 0 Å². The van der Waals surface area contributed by atoms with Crippen LogP contribution in [-0.2, 0) is 16.1 Å². The summed E-state index contributed by atoms with van der Waals surface area (Å²) in [5, 5.41) is 4.07. The van der Waals surface area contributed by atoms with Crippen molar-refractivity contribution in [1.29, 1.82) is 0 Å². The van der Waals surface area contributed by atoms with Crippen LogP contribution < -0.4 is 10.9 Å². The number of amides is 1. The Bertz CT molecular complexity index is 751. The van der Waals surface area contributed by atoms with Crippen LogP contribution in [0.1, 0.15) is 16.7 Å². The van der Waals surface area contributed by atoms with E-state index in [4.69, 9.17) is 20.8 Å². The van der Waals surface area contributed by atoms with Crippen LogP contribution in [0, 0.1) is 13.8 Å². The molecule has 6 heteroatoms. The maximum Gasteiger partial charge on any atom is 0.336 e. The van der Waals surface area contributed by atoms with E-state index in [1.54, 1.807) is 6.07 Å². The predicted molar refractivity (Wildman–Crippen MR) is 80.7 cm³/mol. The van der Waals surface area contributed by atoms with Gasteiger partial charge in [-0.1, -0.05) is 11.6 Å².